The molecule has 256 valence electrons. The Morgan fingerprint density at radius 3 is 2.57 bits per heavy atom. The van der Waals surface area contributed by atoms with E-state index in [1.54, 1.807) is 17.1 Å². The first-order chi connectivity index (χ1) is 22.8. The van der Waals surface area contributed by atoms with Crippen LogP contribution < -0.4 is 5.32 Å². The van der Waals surface area contributed by atoms with Crippen molar-refractivity contribution in [3.05, 3.63) is 61.2 Å². The molecule has 2 bridgehead atoms. The zero-order chi connectivity index (χ0) is 33.6. The Kier molecular flexibility index (Phi) is 12.0. The van der Waals surface area contributed by atoms with Crippen LogP contribution in [0.3, 0.4) is 0 Å². The van der Waals surface area contributed by atoms with E-state index in [1.807, 2.05) is 35.2 Å². The maximum atomic E-state index is 14.7. The Balaban J connectivity index is 1.45. The van der Waals surface area contributed by atoms with Gasteiger partial charge < -0.3 is 29.7 Å². The number of aliphatic hydroxyl groups is 1. The fourth-order valence-electron chi connectivity index (χ4n) is 8.06. The molecule has 47 heavy (non-hydrogen) atoms. The second kappa shape index (κ2) is 15.9. The summed E-state index contributed by atoms with van der Waals surface area (Å²) in [5.74, 6) is -3.07. The number of hydrogen-bond acceptors (Lipinski definition) is 7. The van der Waals surface area contributed by atoms with Gasteiger partial charge in [-0.15, -0.1) is 13.2 Å². The van der Waals surface area contributed by atoms with E-state index in [4.69, 9.17) is 9.47 Å². The summed E-state index contributed by atoms with van der Waals surface area (Å²) in [6.07, 6.45) is 9.15. The normalized spacial score (nSPS) is 28.9. The Morgan fingerprint density at radius 2 is 1.89 bits per heavy atom. The minimum atomic E-state index is -1.20. The molecule has 10 nitrogen and oxygen atoms in total. The number of fused-ring (bicyclic) bond motifs is 1. The van der Waals surface area contributed by atoms with Gasteiger partial charge in [0.2, 0.25) is 17.7 Å². The number of allylic oxidation sites excluding steroid dienone is 1. The molecule has 0 radical (unpaired) electrons. The van der Waals surface area contributed by atoms with Gasteiger partial charge in [-0.3, -0.25) is 19.2 Å². The van der Waals surface area contributed by atoms with Gasteiger partial charge in [-0.1, -0.05) is 77.7 Å². The summed E-state index contributed by atoms with van der Waals surface area (Å²) in [6, 6.07) is 8.33. The molecule has 3 saturated heterocycles. The molecule has 3 aliphatic heterocycles. The monoisotopic (exact) mass is 713 g/mol. The van der Waals surface area contributed by atoms with E-state index in [-0.39, 0.29) is 54.7 Å². The number of alkyl halides is 1. The number of rotatable bonds is 16. The largest absolute Gasteiger partial charge is 0.455 e. The molecule has 7 atom stereocenters. The SMILES string of the molecule is C=CCCC(=O)NC[C@@H](OC(=O)[C@H]1[C@@H]2O[C@@]3(CC2Br)[C@@H]1C(=O)N(CCCCO)[C@@H]3C(=O)N(CC=C)C1CCCCC1)c1ccccc1. The molecule has 4 fully saturated rings. The van der Waals surface area contributed by atoms with Crippen LogP contribution in [0.2, 0.25) is 0 Å². The summed E-state index contributed by atoms with van der Waals surface area (Å²) in [7, 11) is 0. The highest BCUT2D eigenvalue weighted by molar-refractivity contribution is 9.09. The van der Waals surface area contributed by atoms with Crippen molar-refractivity contribution in [2.75, 3.05) is 26.2 Å². The van der Waals surface area contributed by atoms with Gasteiger partial charge in [0.1, 0.15) is 17.7 Å². The Hall–Kier alpha value is -3.02. The minimum Gasteiger partial charge on any atom is -0.455 e. The third kappa shape index (κ3) is 7.22. The number of carbonyl (C=O) groups excluding carboxylic acids is 4. The summed E-state index contributed by atoms with van der Waals surface area (Å²) < 4.78 is 12.9. The van der Waals surface area contributed by atoms with Crippen LogP contribution in [0.15, 0.2) is 55.6 Å². The average molecular weight is 715 g/mol. The van der Waals surface area contributed by atoms with Gasteiger partial charge in [0.05, 0.1) is 24.5 Å². The molecule has 5 rings (SSSR count). The maximum Gasteiger partial charge on any atom is 0.313 e. The van der Waals surface area contributed by atoms with Gasteiger partial charge in [0.25, 0.3) is 0 Å². The Bertz CT molecular complexity index is 1300. The lowest BCUT2D eigenvalue weighted by molar-refractivity contribution is -0.160. The molecular formula is C36H48BrN3O7. The van der Waals surface area contributed by atoms with Crippen molar-refractivity contribution in [2.24, 2.45) is 11.8 Å². The quantitative estimate of drug-likeness (QED) is 0.114. The number of carbonyl (C=O) groups is 4. The van der Waals surface area contributed by atoms with E-state index >= 15 is 0 Å². The van der Waals surface area contributed by atoms with Gasteiger partial charge >= 0.3 is 5.97 Å². The van der Waals surface area contributed by atoms with Crippen LogP contribution >= 0.6 is 15.9 Å². The van der Waals surface area contributed by atoms with Gasteiger partial charge in [-0.25, -0.2) is 0 Å². The van der Waals surface area contributed by atoms with Crippen LogP contribution in [0.25, 0.3) is 0 Å². The number of unbranched alkanes of at least 4 members (excludes halogenated alkanes) is 1. The standard InChI is InChI=1S/C36H48BrN3O7/c1-3-5-18-28(42)38-23-27(24-14-8-6-9-15-24)46-35(45)29-30-33(43)40(20-12-13-21-41)32(36(30)22-26(37)31(29)47-36)34(44)39(19-4-2)25-16-10-7-11-17-25/h3-4,6,8-9,14-15,25-27,29-32,41H,1-2,5,7,10-13,16-23H2,(H,38,42)/t26?,27-,29-,30+,31-,32-,36+/m1/s1. The summed E-state index contributed by atoms with van der Waals surface area (Å²) in [4.78, 5) is 59.0. The van der Waals surface area contributed by atoms with Crippen LogP contribution in [0.5, 0.6) is 0 Å². The van der Waals surface area contributed by atoms with Gasteiger partial charge in [-0.2, -0.15) is 0 Å². The van der Waals surface area contributed by atoms with E-state index < -0.39 is 41.7 Å². The number of ether oxygens (including phenoxy) is 2. The van der Waals surface area contributed by atoms with Crippen LogP contribution in [-0.2, 0) is 28.7 Å². The summed E-state index contributed by atoms with van der Waals surface area (Å²) in [6.45, 7) is 8.26. The number of esters is 1. The summed E-state index contributed by atoms with van der Waals surface area (Å²) in [5.41, 5.74) is -0.492. The summed E-state index contributed by atoms with van der Waals surface area (Å²) in [5, 5.41) is 12.4. The molecule has 0 aromatic heterocycles. The minimum absolute atomic E-state index is 0.0259. The first kappa shape index (κ1) is 35.3. The smallest absolute Gasteiger partial charge is 0.313 e. The number of amides is 3. The molecule has 1 unspecified atom stereocenters. The van der Waals surface area contributed by atoms with Crippen LogP contribution in [0, 0.1) is 11.8 Å². The fraction of sp³-hybridized carbons (Fsp3) is 0.611. The van der Waals surface area contributed by atoms with Crippen molar-refractivity contribution in [3.8, 4) is 0 Å². The van der Waals surface area contributed by atoms with Crippen LogP contribution in [0.1, 0.15) is 75.9 Å². The summed E-state index contributed by atoms with van der Waals surface area (Å²) >= 11 is 3.74. The lowest BCUT2D eigenvalue weighted by atomic mass is 9.70. The van der Waals surface area contributed by atoms with E-state index in [0.717, 1.165) is 32.1 Å². The highest BCUT2D eigenvalue weighted by Crippen LogP contribution is 2.60. The average Bonchev–Trinajstić information content (AvgIpc) is 3.68. The van der Waals surface area contributed by atoms with Crippen molar-refractivity contribution < 1.29 is 33.8 Å². The zero-order valence-corrected chi connectivity index (χ0v) is 28.7. The molecule has 3 amide bonds. The van der Waals surface area contributed by atoms with E-state index in [9.17, 15) is 24.3 Å². The third-order valence-corrected chi connectivity index (χ3v) is 11.1. The molecule has 1 aromatic carbocycles. The molecule has 4 aliphatic rings. The van der Waals surface area contributed by atoms with Crippen molar-refractivity contribution in [2.45, 2.75) is 98.9 Å². The number of hydrogen-bond donors (Lipinski definition) is 2. The van der Waals surface area contributed by atoms with Crippen molar-refractivity contribution >= 4 is 39.6 Å². The van der Waals surface area contributed by atoms with E-state index in [2.05, 4.69) is 34.4 Å². The topological polar surface area (TPSA) is 125 Å². The number of aliphatic hydroxyl groups excluding tert-OH is 1. The third-order valence-electron chi connectivity index (χ3n) is 10.2. The predicted molar refractivity (Wildman–Crippen MR) is 180 cm³/mol. The second-order valence-electron chi connectivity index (χ2n) is 13.2. The number of likely N-dealkylation sites (tertiary alicyclic amines) is 1. The second-order valence-corrected chi connectivity index (χ2v) is 14.3. The molecule has 11 heteroatoms. The first-order valence-electron chi connectivity index (χ1n) is 17.0. The molecule has 1 saturated carbocycles. The van der Waals surface area contributed by atoms with Gasteiger partial charge in [-0.05, 0) is 44.1 Å². The number of nitrogens with zero attached hydrogens (tertiary/aromatic N) is 2. The number of nitrogens with one attached hydrogen (secondary N) is 1. The molecule has 1 aliphatic carbocycles. The molecule has 2 N–H and O–H groups in total. The Labute approximate surface area is 286 Å². The van der Waals surface area contributed by atoms with Crippen molar-refractivity contribution in [3.63, 3.8) is 0 Å². The van der Waals surface area contributed by atoms with Crippen molar-refractivity contribution in [1.29, 1.82) is 0 Å². The first-order valence-corrected chi connectivity index (χ1v) is 18.0. The maximum absolute atomic E-state index is 14.7. The van der Waals surface area contributed by atoms with E-state index in [0.29, 0.717) is 37.8 Å². The van der Waals surface area contributed by atoms with Crippen LogP contribution in [0.4, 0.5) is 0 Å². The Morgan fingerprint density at radius 1 is 1.15 bits per heavy atom. The number of benzene rings is 1. The molecule has 3 heterocycles. The highest BCUT2D eigenvalue weighted by Gasteiger charge is 2.77. The number of halogens is 1. The van der Waals surface area contributed by atoms with Crippen molar-refractivity contribution in [1.82, 2.24) is 15.1 Å². The van der Waals surface area contributed by atoms with Gasteiger partial charge in [0.15, 0.2) is 0 Å². The van der Waals surface area contributed by atoms with Crippen LogP contribution in [-0.4, -0.2) is 93.5 Å². The molecule has 1 aromatic rings. The zero-order valence-electron chi connectivity index (χ0n) is 27.1. The predicted octanol–water partition coefficient (Wildman–Crippen LogP) is 4.22. The highest BCUT2D eigenvalue weighted by atomic mass is 79.9. The molecule has 1 spiro atoms. The van der Waals surface area contributed by atoms with E-state index in [1.165, 1.54) is 0 Å². The lowest BCUT2D eigenvalue weighted by Crippen LogP contribution is -2.58. The van der Waals surface area contributed by atoms with Gasteiger partial charge in [0, 0.05) is 37.0 Å². The lowest BCUT2D eigenvalue weighted by Gasteiger charge is -2.41. The molecular weight excluding hydrogens is 666 g/mol. The fourth-order valence-corrected chi connectivity index (χ4v) is 9.01.